The predicted octanol–water partition coefficient (Wildman–Crippen LogP) is 4.07. The summed E-state index contributed by atoms with van der Waals surface area (Å²) in [5.41, 5.74) is 3.67. The van der Waals surface area contributed by atoms with Crippen LogP contribution in [0.15, 0.2) is 71.3 Å². The highest BCUT2D eigenvalue weighted by atomic mass is 16.3. The maximum atomic E-state index is 11.0. The van der Waals surface area contributed by atoms with Crippen LogP contribution in [0.4, 0.5) is 0 Å². The molecule has 2 heteroatoms. The lowest BCUT2D eigenvalue weighted by Gasteiger charge is -2.03. The highest BCUT2D eigenvalue weighted by molar-refractivity contribution is 5.93. The Bertz CT molecular complexity index is 682. The van der Waals surface area contributed by atoms with Crippen molar-refractivity contribution in [1.82, 2.24) is 0 Å². The Kier molecular flexibility index (Phi) is 2.99. The first kappa shape index (κ1) is 11.5. The maximum absolute atomic E-state index is 11.0. The van der Waals surface area contributed by atoms with Crippen LogP contribution >= 0.6 is 0 Å². The second-order valence-electron chi connectivity index (χ2n) is 4.19. The number of carbonyl (C=O) groups excluding carboxylic acids is 1. The van der Waals surface area contributed by atoms with Crippen LogP contribution in [0.1, 0.15) is 5.76 Å². The minimum atomic E-state index is 0.241. The summed E-state index contributed by atoms with van der Waals surface area (Å²) in [6, 6.07) is 19.6. The van der Waals surface area contributed by atoms with E-state index in [-0.39, 0.29) is 5.76 Å². The molecule has 0 unspecified atom stereocenters. The van der Waals surface area contributed by atoms with Crippen molar-refractivity contribution >= 4 is 6.29 Å². The van der Waals surface area contributed by atoms with E-state index in [0.717, 1.165) is 22.3 Å². The van der Waals surface area contributed by atoms with Gasteiger partial charge in [-0.3, -0.25) is 4.79 Å². The Balaban J connectivity index is 2.23. The Morgan fingerprint density at radius 3 is 1.95 bits per heavy atom. The largest absolute Gasteiger partial charge is 0.459 e. The van der Waals surface area contributed by atoms with Crippen LogP contribution in [-0.4, -0.2) is 6.29 Å². The van der Waals surface area contributed by atoms with E-state index in [4.69, 9.17) is 4.42 Å². The molecule has 1 radical (unpaired) electrons. The van der Waals surface area contributed by atoms with Gasteiger partial charge in [0.05, 0.1) is 6.26 Å². The molecule has 0 aliphatic rings. The fourth-order valence-corrected chi connectivity index (χ4v) is 2.15. The summed E-state index contributed by atoms with van der Waals surface area (Å²) in [7, 11) is 0. The van der Waals surface area contributed by atoms with Gasteiger partial charge in [-0.25, -0.2) is 0 Å². The smallest absolute Gasteiger partial charge is 0.272 e. The lowest BCUT2D eigenvalue weighted by molar-refractivity contribution is 0.519. The Labute approximate surface area is 111 Å². The summed E-state index contributed by atoms with van der Waals surface area (Å²) >= 11 is 0. The molecule has 0 spiro atoms. The number of hydrogen-bond acceptors (Lipinski definition) is 2. The van der Waals surface area contributed by atoms with Crippen LogP contribution in [0.3, 0.4) is 0 Å². The summed E-state index contributed by atoms with van der Waals surface area (Å²) in [5, 5.41) is 0. The molecule has 2 aromatic carbocycles. The van der Waals surface area contributed by atoms with Crippen molar-refractivity contribution in [2.45, 2.75) is 0 Å². The molecule has 0 saturated heterocycles. The van der Waals surface area contributed by atoms with E-state index in [1.54, 1.807) is 6.26 Å². The molecule has 0 bridgehead atoms. The fourth-order valence-electron chi connectivity index (χ4n) is 2.15. The first-order valence-corrected chi connectivity index (χ1v) is 6.00. The standard InChI is InChI=1S/C17H11O2/c18-11-16-17(14-9-5-2-6-10-14)15(12-19-16)13-7-3-1-4-8-13/h1-10,12H. The van der Waals surface area contributed by atoms with E-state index >= 15 is 0 Å². The minimum Gasteiger partial charge on any atom is -0.459 e. The molecule has 19 heavy (non-hydrogen) atoms. The van der Waals surface area contributed by atoms with Gasteiger partial charge in [0.2, 0.25) is 0 Å². The first-order valence-electron chi connectivity index (χ1n) is 6.00. The van der Waals surface area contributed by atoms with Gasteiger partial charge < -0.3 is 4.42 Å². The van der Waals surface area contributed by atoms with Crippen molar-refractivity contribution in [1.29, 1.82) is 0 Å². The molecule has 0 aliphatic carbocycles. The Hall–Kier alpha value is -2.61. The second-order valence-corrected chi connectivity index (χ2v) is 4.19. The molecule has 3 aromatic rings. The van der Waals surface area contributed by atoms with Crippen molar-refractivity contribution in [3.63, 3.8) is 0 Å². The Morgan fingerprint density at radius 2 is 1.37 bits per heavy atom. The third-order valence-corrected chi connectivity index (χ3v) is 3.03. The van der Waals surface area contributed by atoms with Crippen molar-refractivity contribution in [3.05, 3.63) is 72.7 Å². The van der Waals surface area contributed by atoms with Crippen LogP contribution in [0, 0.1) is 0 Å². The fraction of sp³-hybridized carbons (Fsp3) is 0. The normalized spacial score (nSPS) is 10.3. The van der Waals surface area contributed by atoms with Gasteiger partial charge in [-0.2, -0.15) is 0 Å². The van der Waals surface area contributed by atoms with Gasteiger partial charge >= 0.3 is 0 Å². The zero-order chi connectivity index (χ0) is 13.1. The summed E-state index contributed by atoms with van der Waals surface area (Å²) in [6.45, 7) is 0. The second kappa shape index (κ2) is 4.94. The van der Waals surface area contributed by atoms with Gasteiger partial charge in [0.1, 0.15) is 0 Å². The van der Waals surface area contributed by atoms with Crippen LogP contribution in [-0.2, 0) is 4.79 Å². The van der Waals surface area contributed by atoms with Gasteiger partial charge in [0, 0.05) is 11.1 Å². The van der Waals surface area contributed by atoms with E-state index in [0.29, 0.717) is 0 Å². The molecule has 2 nitrogen and oxygen atoms in total. The van der Waals surface area contributed by atoms with Crippen molar-refractivity contribution < 1.29 is 9.21 Å². The van der Waals surface area contributed by atoms with Crippen molar-refractivity contribution in [3.8, 4) is 22.3 Å². The molecule has 1 aromatic heterocycles. The van der Waals surface area contributed by atoms with E-state index < -0.39 is 0 Å². The molecule has 0 aliphatic heterocycles. The zero-order valence-electron chi connectivity index (χ0n) is 10.2. The number of hydrogen-bond donors (Lipinski definition) is 0. The molecular weight excluding hydrogens is 236 g/mol. The topological polar surface area (TPSA) is 30.2 Å². The van der Waals surface area contributed by atoms with Gasteiger partial charge in [-0.15, -0.1) is 0 Å². The molecular formula is C17H11O2. The predicted molar refractivity (Wildman–Crippen MR) is 74.4 cm³/mol. The molecule has 0 N–H and O–H groups in total. The third-order valence-electron chi connectivity index (χ3n) is 3.03. The number of furan rings is 1. The average molecular weight is 247 g/mol. The molecule has 0 atom stereocenters. The van der Waals surface area contributed by atoms with Crippen LogP contribution in [0.2, 0.25) is 0 Å². The quantitative estimate of drug-likeness (QED) is 0.698. The lowest BCUT2D eigenvalue weighted by atomic mass is 9.97. The van der Waals surface area contributed by atoms with E-state index in [9.17, 15) is 4.79 Å². The van der Waals surface area contributed by atoms with Crippen LogP contribution < -0.4 is 0 Å². The minimum absolute atomic E-state index is 0.241. The zero-order valence-corrected chi connectivity index (χ0v) is 10.2. The number of rotatable bonds is 3. The molecule has 3 rings (SSSR count). The average Bonchev–Trinajstić information content (AvgIpc) is 2.93. The SMILES string of the molecule is O=[C]c1occ(-c2ccccc2)c1-c1ccccc1. The molecule has 0 saturated carbocycles. The van der Waals surface area contributed by atoms with Crippen LogP contribution in [0.5, 0.6) is 0 Å². The summed E-state index contributed by atoms with van der Waals surface area (Å²) < 4.78 is 5.33. The van der Waals surface area contributed by atoms with E-state index in [2.05, 4.69) is 0 Å². The third kappa shape index (κ3) is 2.08. The number of benzene rings is 2. The van der Waals surface area contributed by atoms with Crippen molar-refractivity contribution in [2.75, 3.05) is 0 Å². The molecule has 1 heterocycles. The van der Waals surface area contributed by atoms with Gasteiger partial charge in [-0.1, -0.05) is 60.7 Å². The Morgan fingerprint density at radius 1 is 0.789 bits per heavy atom. The highest BCUT2D eigenvalue weighted by Gasteiger charge is 2.16. The molecule has 91 valence electrons. The summed E-state index contributed by atoms with van der Waals surface area (Å²) in [5.74, 6) is 0.241. The van der Waals surface area contributed by atoms with Gasteiger partial charge in [0.25, 0.3) is 6.29 Å². The molecule has 0 fully saturated rings. The van der Waals surface area contributed by atoms with E-state index in [1.807, 2.05) is 66.9 Å². The van der Waals surface area contributed by atoms with E-state index in [1.165, 1.54) is 0 Å². The maximum Gasteiger partial charge on any atom is 0.272 e. The van der Waals surface area contributed by atoms with Crippen LogP contribution in [0.25, 0.3) is 22.3 Å². The first-order chi connectivity index (χ1) is 9.40. The summed E-state index contributed by atoms with van der Waals surface area (Å²) in [6.07, 6.45) is 3.48. The van der Waals surface area contributed by atoms with Gasteiger partial charge in [-0.05, 0) is 11.1 Å². The summed E-state index contributed by atoms with van der Waals surface area (Å²) in [4.78, 5) is 11.0. The monoisotopic (exact) mass is 247 g/mol. The van der Waals surface area contributed by atoms with Gasteiger partial charge in [0.15, 0.2) is 5.76 Å². The lowest BCUT2D eigenvalue weighted by Crippen LogP contribution is -1.85. The highest BCUT2D eigenvalue weighted by Crippen LogP contribution is 2.35. The van der Waals surface area contributed by atoms with Crippen molar-refractivity contribution in [2.24, 2.45) is 0 Å². The molecule has 0 amide bonds.